The van der Waals surface area contributed by atoms with Crippen molar-refractivity contribution in [2.45, 2.75) is 0 Å². The molecule has 0 aliphatic carbocycles. The lowest BCUT2D eigenvalue weighted by atomic mass is 9.89. The van der Waals surface area contributed by atoms with Gasteiger partial charge in [-0.2, -0.15) is 0 Å². The van der Waals surface area contributed by atoms with Gasteiger partial charge in [-0.05, 0) is 115 Å². The first-order chi connectivity index (χ1) is 26.3. The van der Waals surface area contributed by atoms with E-state index in [1.807, 2.05) is 6.20 Å². The fourth-order valence-electron chi connectivity index (χ4n) is 8.46. The van der Waals surface area contributed by atoms with Crippen LogP contribution in [0.5, 0.6) is 0 Å². The van der Waals surface area contributed by atoms with E-state index in [9.17, 15) is 0 Å². The maximum absolute atomic E-state index is 4.76. The molecule has 0 radical (unpaired) electrons. The number of hydrogen-bond donors (Lipinski definition) is 0. The number of rotatable bonds is 4. The third-order valence-electron chi connectivity index (χ3n) is 10.9. The third kappa shape index (κ3) is 4.68. The Bertz CT molecular complexity index is 3190. The van der Waals surface area contributed by atoms with Gasteiger partial charge in [-0.1, -0.05) is 121 Å². The molecule has 0 spiro atoms. The molecule has 11 rings (SSSR count). The van der Waals surface area contributed by atoms with Crippen molar-refractivity contribution in [3.63, 3.8) is 0 Å². The van der Waals surface area contributed by atoms with Crippen molar-refractivity contribution in [2.24, 2.45) is 0 Å². The Morgan fingerprint density at radius 1 is 0.358 bits per heavy atom. The number of fused-ring (bicyclic) bond motifs is 10. The van der Waals surface area contributed by atoms with E-state index in [4.69, 9.17) is 4.98 Å². The summed E-state index contributed by atoms with van der Waals surface area (Å²) in [7, 11) is 0. The predicted octanol–water partition coefficient (Wildman–Crippen LogP) is 13.2. The lowest BCUT2D eigenvalue weighted by Crippen LogP contribution is -1.93. The second kappa shape index (κ2) is 11.7. The van der Waals surface area contributed by atoms with Crippen molar-refractivity contribution >= 4 is 65.0 Å². The summed E-state index contributed by atoms with van der Waals surface area (Å²) in [5.74, 6) is 0. The molecule has 0 atom stereocenters. The molecule has 11 aromatic rings. The molecule has 0 N–H and O–H groups in total. The van der Waals surface area contributed by atoms with Gasteiger partial charge in [0.25, 0.3) is 0 Å². The normalized spacial score (nSPS) is 11.8. The molecule has 0 bridgehead atoms. The Morgan fingerprint density at radius 2 is 0.925 bits per heavy atom. The predicted molar refractivity (Wildman–Crippen MR) is 223 cm³/mol. The molecule has 0 unspecified atom stereocenters. The first kappa shape index (κ1) is 29.6. The minimum absolute atomic E-state index is 0.947. The van der Waals surface area contributed by atoms with Crippen molar-refractivity contribution in [1.29, 1.82) is 0 Å². The van der Waals surface area contributed by atoms with Crippen LogP contribution in [0.4, 0.5) is 0 Å². The van der Waals surface area contributed by atoms with Crippen molar-refractivity contribution in [3.05, 3.63) is 188 Å². The van der Waals surface area contributed by atoms with E-state index < -0.39 is 0 Å². The Kier molecular flexibility index (Phi) is 6.55. The van der Waals surface area contributed by atoms with Gasteiger partial charge < -0.3 is 4.57 Å². The van der Waals surface area contributed by atoms with Crippen molar-refractivity contribution in [2.75, 3.05) is 0 Å². The molecule has 2 aromatic heterocycles. The lowest BCUT2D eigenvalue weighted by Gasteiger charge is -2.15. The van der Waals surface area contributed by atoms with Crippen LogP contribution in [-0.4, -0.2) is 14.5 Å². The van der Waals surface area contributed by atoms with Crippen molar-refractivity contribution in [3.8, 4) is 39.1 Å². The van der Waals surface area contributed by atoms with Gasteiger partial charge >= 0.3 is 0 Å². The molecule has 0 aliphatic heterocycles. The highest BCUT2D eigenvalue weighted by Gasteiger charge is 2.16. The highest BCUT2D eigenvalue weighted by Crippen LogP contribution is 2.41. The molecule has 0 fully saturated rings. The van der Waals surface area contributed by atoms with Crippen LogP contribution in [0.25, 0.3) is 104 Å². The van der Waals surface area contributed by atoms with Crippen molar-refractivity contribution < 1.29 is 0 Å². The Balaban J connectivity index is 1.17. The zero-order valence-corrected chi connectivity index (χ0v) is 28.7. The summed E-state index contributed by atoms with van der Waals surface area (Å²) in [4.78, 5) is 9.08. The van der Waals surface area contributed by atoms with Crippen LogP contribution in [0, 0.1) is 0 Å². The van der Waals surface area contributed by atoms with Gasteiger partial charge in [-0.25, -0.2) is 9.97 Å². The molecule has 246 valence electrons. The molecule has 3 nitrogen and oxygen atoms in total. The largest absolute Gasteiger partial charge is 0.309 e. The summed E-state index contributed by atoms with van der Waals surface area (Å²) < 4.78 is 2.37. The van der Waals surface area contributed by atoms with Gasteiger partial charge in [-0.3, -0.25) is 0 Å². The van der Waals surface area contributed by atoms with E-state index >= 15 is 0 Å². The molecule has 0 aliphatic rings. The summed E-state index contributed by atoms with van der Waals surface area (Å²) in [5, 5.41) is 11.1. The van der Waals surface area contributed by atoms with Crippen LogP contribution in [0.15, 0.2) is 188 Å². The SMILES string of the molecule is c1ccc(-n2c3ccccc3c3cc(-c4cc(-c5ccc6c7ccccc7c7ccccc7c6c5)cc(-c5cccc6cncnc56)c4)ccc32)cc1. The quantitative estimate of drug-likeness (QED) is 0.174. The average Bonchev–Trinajstić information content (AvgIpc) is 3.57. The maximum Gasteiger partial charge on any atom is 0.116 e. The van der Waals surface area contributed by atoms with Gasteiger partial charge in [0, 0.05) is 33.6 Å². The first-order valence-corrected chi connectivity index (χ1v) is 18.1. The molecular formula is C50H31N3. The Morgan fingerprint density at radius 3 is 1.66 bits per heavy atom. The smallest absolute Gasteiger partial charge is 0.116 e. The molecular weight excluding hydrogens is 643 g/mol. The number of aromatic nitrogens is 3. The summed E-state index contributed by atoms with van der Waals surface area (Å²) in [6.07, 6.45) is 3.54. The van der Waals surface area contributed by atoms with Gasteiger partial charge in [-0.15, -0.1) is 0 Å². The lowest BCUT2D eigenvalue weighted by molar-refractivity contribution is 1.18. The number of nitrogens with zero attached hydrogens (tertiary/aromatic N) is 3. The minimum atomic E-state index is 0.947. The molecule has 0 saturated heterocycles. The fourth-order valence-corrected chi connectivity index (χ4v) is 8.46. The van der Waals surface area contributed by atoms with E-state index in [0.29, 0.717) is 0 Å². The monoisotopic (exact) mass is 673 g/mol. The van der Waals surface area contributed by atoms with Crippen LogP contribution >= 0.6 is 0 Å². The van der Waals surface area contributed by atoms with Crippen LogP contribution in [0.1, 0.15) is 0 Å². The van der Waals surface area contributed by atoms with Crippen molar-refractivity contribution in [1.82, 2.24) is 14.5 Å². The fraction of sp³-hybridized carbons (Fsp3) is 0. The highest BCUT2D eigenvalue weighted by atomic mass is 15.0. The second-order valence-corrected chi connectivity index (χ2v) is 13.8. The second-order valence-electron chi connectivity index (χ2n) is 13.8. The van der Waals surface area contributed by atoms with Crippen LogP contribution in [0.2, 0.25) is 0 Å². The molecule has 53 heavy (non-hydrogen) atoms. The average molecular weight is 674 g/mol. The van der Waals surface area contributed by atoms with Gasteiger partial charge in [0.2, 0.25) is 0 Å². The Labute approximate surface area is 306 Å². The van der Waals surface area contributed by atoms with Crippen LogP contribution in [-0.2, 0) is 0 Å². The van der Waals surface area contributed by atoms with E-state index in [1.165, 1.54) is 65.3 Å². The maximum atomic E-state index is 4.76. The summed E-state index contributed by atoms with van der Waals surface area (Å²) >= 11 is 0. The van der Waals surface area contributed by atoms with Gasteiger partial charge in [0.1, 0.15) is 6.33 Å². The summed E-state index contributed by atoms with van der Waals surface area (Å²) in [6, 6.07) is 64.2. The topological polar surface area (TPSA) is 30.7 Å². The molecule has 0 amide bonds. The molecule has 9 aromatic carbocycles. The van der Waals surface area contributed by atoms with E-state index in [2.05, 4.69) is 185 Å². The molecule has 3 heteroatoms. The standard InChI is InChI=1S/C50H31N3/c1-2-12-38(13-3-1)53-48-20-9-8-18-45(48)47-29-33(22-24-49(47)53)36-25-35(26-37(27-36)39-19-10-11-34-30-51-31-52-50(34)39)32-21-23-44-42-16-5-4-14-40(42)41-15-6-7-17-43(41)46(44)28-32/h1-31H. The number of hydrogen-bond acceptors (Lipinski definition) is 2. The minimum Gasteiger partial charge on any atom is -0.309 e. The number of para-hydroxylation sites is 3. The highest BCUT2D eigenvalue weighted by molar-refractivity contribution is 6.25. The zero-order valence-electron chi connectivity index (χ0n) is 28.7. The zero-order chi connectivity index (χ0) is 34.9. The Hall–Kier alpha value is -7.10. The summed E-state index contributed by atoms with van der Waals surface area (Å²) in [5.41, 5.74) is 11.4. The van der Waals surface area contributed by atoms with Gasteiger partial charge in [0.05, 0.1) is 16.6 Å². The number of benzene rings is 9. The third-order valence-corrected chi connectivity index (χ3v) is 10.9. The van der Waals surface area contributed by atoms with E-state index in [1.54, 1.807) is 6.33 Å². The van der Waals surface area contributed by atoms with Crippen LogP contribution in [0.3, 0.4) is 0 Å². The van der Waals surface area contributed by atoms with Gasteiger partial charge in [0.15, 0.2) is 0 Å². The van der Waals surface area contributed by atoms with Crippen LogP contribution < -0.4 is 0 Å². The molecule has 0 saturated carbocycles. The van der Waals surface area contributed by atoms with E-state index in [0.717, 1.165) is 38.8 Å². The molecule has 2 heterocycles. The first-order valence-electron chi connectivity index (χ1n) is 18.1. The summed E-state index contributed by atoms with van der Waals surface area (Å²) in [6.45, 7) is 0. The van der Waals surface area contributed by atoms with E-state index in [-0.39, 0.29) is 0 Å².